The number of rotatable bonds is 16. The Bertz CT molecular complexity index is 3430. The fraction of sp³-hybridized carbons (Fsp3) is 0.473. The zero-order valence-electron chi connectivity index (χ0n) is 42.6. The van der Waals surface area contributed by atoms with E-state index in [4.69, 9.17) is 9.47 Å². The van der Waals surface area contributed by atoms with Crippen molar-refractivity contribution in [2.45, 2.75) is 108 Å². The molecule has 2 aliphatic carbocycles. The minimum atomic E-state index is -4.29. The third-order valence-electron chi connectivity index (χ3n) is 17.0. The number of aryl methyl sites for hydroxylation is 2. The number of benzene rings is 3. The smallest absolute Gasteiger partial charge is 0.354 e. The highest BCUT2D eigenvalue weighted by Crippen LogP contribution is 2.63. The van der Waals surface area contributed by atoms with Gasteiger partial charge in [-0.15, -0.1) is 0 Å². The maximum absolute atomic E-state index is 14.7. The molecule has 2 atom stereocenters. The molecule has 15 nitrogen and oxygen atoms in total. The first-order chi connectivity index (χ1) is 36.4. The molecule has 2 saturated carbocycles. The van der Waals surface area contributed by atoms with E-state index in [1.165, 1.54) is 36.3 Å². The maximum Gasteiger partial charge on any atom is 0.354 e. The molecule has 3 aromatic carbocycles. The Labute approximate surface area is 440 Å². The molecule has 11 rings (SSSR count). The van der Waals surface area contributed by atoms with Gasteiger partial charge in [0.15, 0.2) is 5.69 Å². The number of pyridine rings is 1. The molecule has 6 aromatic rings. The molecule has 3 aliphatic heterocycles. The summed E-state index contributed by atoms with van der Waals surface area (Å²) in [5.41, 5.74) is 3.50. The minimum absolute atomic E-state index is 0.0194. The maximum atomic E-state index is 14.7. The number of nitrogens with one attached hydrogen (secondary N) is 3. The summed E-state index contributed by atoms with van der Waals surface area (Å²) in [6.45, 7) is 1.82. The third-order valence-corrected chi connectivity index (χ3v) is 18.3. The van der Waals surface area contributed by atoms with Crippen LogP contribution in [0.5, 0.6) is 11.5 Å². The number of halogens is 6. The van der Waals surface area contributed by atoms with Gasteiger partial charge in [0.25, 0.3) is 5.92 Å². The fourth-order valence-electron chi connectivity index (χ4n) is 13.4. The number of piperidine rings is 2. The van der Waals surface area contributed by atoms with Crippen LogP contribution in [0, 0.1) is 17.8 Å². The topological polar surface area (TPSA) is 193 Å². The lowest BCUT2D eigenvalue weighted by Gasteiger charge is -2.55. The van der Waals surface area contributed by atoms with E-state index in [9.17, 15) is 54.6 Å². The number of sulfonamides is 1. The third kappa shape index (κ3) is 9.93. The van der Waals surface area contributed by atoms with E-state index >= 15 is 0 Å². The first-order valence-electron chi connectivity index (χ1n) is 25.7. The molecule has 77 heavy (non-hydrogen) atoms. The van der Waals surface area contributed by atoms with E-state index in [0.29, 0.717) is 77.1 Å². The number of hydrogen-bond acceptors (Lipinski definition) is 10. The number of carbonyl (C=O) groups is 2. The number of aromatic nitrogens is 3. The van der Waals surface area contributed by atoms with Crippen LogP contribution >= 0.6 is 0 Å². The molecule has 0 unspecified atom stereocenters. The van der Waals surface area contributed by atoms with Crippen LogP contribution in [-0.4, -0.2) is 119 Å². The van der Waals surface area contributed by atoms with Crippen LogP contribution in [0.4, 0.5) is 37.8 Å². The molecule has 2 spiro atoms. The van der Waals surface area contributed by atoms with Crippen LogP contribution < -0.4 is 19.1 Å². The highest BCUT2D eigenvalue weighted by atomic mass is 32.2. The van der Waals surface area contributed by atoms with Crippen molar-refractivity contribution in [1.29, 1.82) is 0 Å². The Hall–Kier alpha value is -6.52. The van der Waals surface area contributed by atoms with Crippen molar-refractivity contribution in [3.05, 3.63) is 112 Å². The van der Waals surface area contributed by atoms with Crippen LogP contribution in [0.25, 0.3) is 21.8 Å². The van der Waals surface area contributed by atoms with Crippen molar-refractivity contribution < 1.29 is 64.0 Å². The van der Waals surface area contributed by atoms with Crippen LogP contribution in [-0.2, 0) is 29.5 Å². The number of ether oxygens (including phenoxy) is 2. The first-order valence-corrected chi connectivity index (χ1v) is 27.3. The molecular weight excluding hydrogens is 1030 g/mol. The average molecular weight is 1090 g/mol. The lowest BCUT2D eigenvalue weighted by atomic mass is 9.59. The highest BCUT2D eigenvalue weighted by molar-refractivity contribution is 7.92. The number of carboxylic acids is 2. The summed E-state index contributed by atoms with van der Waals surface area (Å²) >= 11 is 0. The average Bonchev–Trinajstić information content (AvgIpc) is 4.05. The van der Waals surface area contributed by atoms with Gasteiger partial charge in [-0.3, -0.25) is 14.5 Å². The van der Waals surface area contributed by atoms with E-state index in [-0.39, 0.29) is 74.3 Å². The molecule has 22 heteroatoms. The summed E-state index contributed by atoms with van der Waals surface area (Å²) in [6, 6.07) is 13.2. The van der Waals surface area contributed by atoms with Crippen LogP contribution in [0.15, 0.2) is 67.0 Å². The van der Waals surface area contributed by atoms with Gasteiger partial charge >= 0.3 is 11.9 Å². The van der Waals surface area contributed by atoms with Gasteiger partial charge in [0, 0.05) is 102 Å². The Morgan fingerprint density at radius 2 is 1.27 bits per heavy atom. The predicted octanol–water partition coefficient (Wildman–Crippen LogP) is 10.7. The molecule has 5 aliphatic rings. The number of fused-ring (bicyclic) bond motifs is 2. The molecular formula is C55H59F6N7O8S. The normalized spacial score (nSPS) is 22.4. The molecule has 3 aromatic heterocycles. The van der Waals surface area contributed by atoms with Crippen LogP contribution in [0.2, 0.25) is 0 Å². The predicted molar refractivity (Wildman–Crippen MR) is 275 cm³/mol. The van der Waals surface area contributed by atoms with Gasteiger partial charge in [0.2, 0.25) is 21.9 Å². The van der Waals surface area contributed by atoms with Crippen molar-refractivity contribution in [2.24, 2.45) is 10.8 Å². The van der Waals surface area contributed by atoms with Crippen molar-refractivity contribution in [2.75, 3.05) is 55.8 Å². The zero-order chi connectivity index (χ0) is 54.6. The number of aromatic amines is 2. The largest absolute Gasteiger partial charge is 0.496 e. The number of nitrogens with zero attached hydrogens (tertiary/aromatic N) is 4. The summed E-state index contributed by atoms with van der Waals surface area (Å²) in [5.74, 6) is -10.7. The number of aromatic carboxylic acids is 2. The second kappa shape index (κ2) is 18.8. The molecule has 0 amide bonds. The number of methoxy groups -OCH3 is 2. The number of anilines is 2. The number of likely N-dealkylation sites (tertiary alicyclic amines) is 2. The molecule has 410 valence electrons. The summed E-state index contributed by atoms with van der Waals surface area (Å²) in [4.78, 5) is 40.8. The van der Waals surface area contributed by atoms with E-state index in [0.717, 1.165) is 22.0 Å². The summed E-state index contributed by atoms with van der Waals surface area (Å²) in [7, 11) is -1.25. The van der Waals surface area contributed by atoms with Gasteiger partial charge in [0.1, 0.15) is 17.3 Å². The van der Waals surface area contributed by atoms with Crippen molar-refractivity contribution in [1.82, 2.24) is 24.8 Å². The highest BCUT2D eigenvalue weighted by Gasteiger charge is 2.60. The molecule has 0 bridgehead atoms. The number of hydrogen-bond donors (Lipinski definition) is 5. The first kappa shape index (κ1) is 52.5. The van der Waals surface area contributed by atoms with E-state index in [2.05, 4.69) is 24.6 Å². The molecule has 3 saturated heterocycles. The quantitative estimate of drug-likeness (QED) is 0.0577. The Morgan fingerprint density at radius 3 is 1.82 bits per heavy atom. The van der Waals surface area contributed by atoms with Gasteiger partial charge in [0.05, 0.1) is 44.3 Å². The SMILES string of the molecule is COc1cc(C)c2[nH]ccc2c1CN1CCC2(C[C@@H]1c1ccc(C(=O)O)cc1NS(=O)(=O)CCc1cc(OC)c(CN3CCC4(C[C@@H]3c3ccc(C(=O)O)nc3N3CC(F)(F)C3)CC(F)(F)C4)c3cc[nH]c13)CC(F)(F)C2. The lowest BCUT2D eigenvalue weighted by Crippen LogP contribution is -2.57. The van der Waals surface area contributed by atoms with Gasteiger partial charge in [-0.1, -0.05) is 12.1 Å². The van der Waals surface area contributed by atoms with Gasteiger partial charge in [-0.05, 0) is 122 Å². The van der Waals surface area contributed by atoms with Crippen LogP contribution in [0.1, 0.15) is 118 Å². The van der Waals surface area contributed by atoms with E-state index < -0.39 is 81.5 Å². The van der Waals surface area contributed by atoms with Gasteiger partial charge in [-0.2, -0.15) is 0 Å². The van der Waals surface area contributed by atoms with Crippen molar-refractivity contribution in [3.8, 4) is 11.5 Å². The number of carboxylic acid groups (broad SMARTS) is 2. The Morgan fingerprint density at radius 1 is 0.727 bits per heavy atom. The van der Waals surface area contributed by atoms with Gasteiger partial charge < -0.3 is 34.6 Å². The van der Waals surface area contributed by atoms with Gasteiger partial charge in [-0.25, -0.2) is 49.3 Å². The number of alkyl halides is 6. The fourth-order valence-corrected chi connectivity index (χ4v) is 14.5. The zero-order valence-corrected chi connectivity index (χ0v) is 43.4. The monoisotopic (exact) mass is 1090 g/mol. The summed E-state index contributed by atoms with van der Waals surface area (Å²) in [5, 5.41) is 21.6. The van der Waals surface area contributed by atoms with Crippen LogP contribution in [0.3, 0.4) is 0 Å². The lowest BCUT2D eigenvalue weighted by molar-refractivity contribution is -0.186. The van der Waals surface area contributed by atoms with Crippen molar-refractivity contribution in [3.63, 3.8) is 0 Å². The van der Waals surface area contributed by atoms with Crippen molar-refractivity contribution >= 4 is 55.3 Å². The Balaban J connectivity index is 0.887. The summed E-state index contributed by atoms with van der Waals surface area (Å²) < 4.78 is 131. The molecule has 5 N–H and O–H groups in total. The molecule has 5 fully saturated rings. The van der Waals surface area contributed by atoms with E-state index in [1.54, 1.807) is 25.4 Å². The van der Waals surface area contributed by atoms with E-state index in [1.807, 2.05) is 36.2 Å². The Kier molecular flexibility index (Phi) is 12.9. The number of H-pyrrole nitrogens is 2. The molecule has 6 heterocycles. The second-order valence-corrected chi connectivity index (χ2v) is 24.2. The minimum Gasteiger partial charge on any atom is -0.496 e. The summed E-state index contributed by atoms with van der Waals surface area (Å²) in [6.07, 6.45) is 3.58. The second-order valence-electron chi connectivity index (χ2n) is 22.3. The molecule has 0 radical (unpaired) electrons. The standard InChI is InChI=1S/C55H59F6N7O8S/c1-31-18-44(75-2)38(34-8-13-62-46(31)34)23-66-15-11-51(25-53(56,57)26-51)21-42(66)36-5-4-33(49(69)70)19-41(36)65-77(73,74)17-10-32-20-45(76-3)39(35-9-14-63-47(32)35)24-67-16-12-52(27-54(58,59)28-52)22-43(67)37-6-7-40(50(71)72)64-48(37)68-29-55(60,61)30-68/h4-9,13-14,18-20,42-43,62-63,65H,10-12,15-17,21-30H2,1-3H3,(H,69,70)(H,71,72)/t42-,43-/m1/s1.